The fourth-order valence-electron chi connectivity index (χ4n) is 5.17. The van der Waals surface area contributed by atoms with Crippen LogP contribution in [-0.4, -0.2) is 73.9 Å². The molecule has 1 aromatic carbocycles. The van der Waals surface area contributed by atoms with Gasteiger partial charge in [-0.25, -0.2) is 9.59 Å². The summed E-state index contributed by atoms with van der Waals surface area (Å²) < 4.78 is 13.2. The lowest BCUT2D eigenvalue weighted by molar-refractivity contribution is 0.00994. The summed E-state index contributed by atoms with van der Waals surface area (Å²) in [7, 11) is 0. The van der Waals surface area contributed by atoms with Crippen LogP contribution in [0.1, 0.15) is 103 Å². The van der Waals surface area contributed by atoms with Gasteiger partial charge in [-0.1, -0.05) is 36.6 Å². The number of amides is 2. The molecule has 0 atom stereocenters. The summed E-state index contributed by atoms with van der Waals surface area (Å²) in [4.78, 5) is 29.8. The van der Waals surface area contributed by atoms with E-state index < -0.39 is 11.2 Å². The van der Waals surface area contributed by atoms with E-state index in [1.165, 1.54) is 6.42 Å². The number of hydrogen-bond donors (Lipinski definition) is 1. The van der Waals surface area contributed by atoms with Gasteiger partial charge in [0.05, 0.1) is 17.3 Å². The number of carbonyl (C=O) groups excluding carboxylic acids is 2. The van der Waals surface area contributed by atoms with Crippen molar-refractivity contribution in [1.29, 1.82) is 5.26 Å². The summed E-state index contributed by atoms with van der Waals surface area (Å²) >= 11 is 0. The minimum absolute atomic E-state index is 0.175. The lowest BCUT2D eigenvalue weighted by Gasteiger charge is -2.36. The minimum atomic E-state index is -0.606. The Labute approximate surface area is 262 Å². The van der Waals surface area contributed by atoms with Gasteiger partial charge in [0.1, 0.15) is 11.2 Å². The van der Waals surface area contributed by atoms with Crippen molar-refractivity contribution >= 4 is 12.2 Å². The zero-order chi connectivity index (χ0) is 32.2. The van der Waals surface area contributed by atoms with E-state index in [2.05, 4.69) is 21.7 Å². The largest absolute Gasteiger partial charge is 0.444 e. The number of nitriles is 1. The second-order valence-corrected chi connectivity index (χ2v) is 13.5. The van der Waals surface area contributed by atoms with E-state index in [9.17, 15) is 9.59 Å². The van der Waals surface area contributed by atoms with Crippen LogP contribution in [0.3, 0.4) is 0 Å². The molecule has 1 N–H and O–H groups in total. The van der Waals surface area contributed by atoms with Gasteiger partial charge < -0.3 is 24.6 Å². The standard InChI is InChI=1S/C33H51N7O4/c1-32(2,3)43-30(41)38(19-11-21-40(29-12-8-7-9-13-29)31(42)44-33(4,5)6)18-10-20-39-25-28(36-37-39)24-35-23-27-16-14-26(22-34)15-17-27/h14-17,25,29,35H,7-13,18-21,23-24H2,1-6H3. The van der Waals surface area contributed by atoms with Crippen LogP contribution in [0.15, 0.2) is 30.5 Å². The van der Waals surface area contributed by atoms with Gasteiger partial charge in [0.15, 0.2) is 0 Å². The Hall–Kier alpha value is -3.65. The predicted molar refractivity (Wildman–Crippen MR) is 169 cm³/mol. The van der Waals surface area contributed by atoms with Crippen molar-refractivity contribution in [3.63, 3.8) is 0 Å². The second kappa shape index (κ2) is 16.4. The van der Waals surface area contributed by atoms with Gasteiger partial charge in [0.25, 0.3) is 0 Å². The van der Waals surface area contributed by atoms with Gasteiger partial charge in [-0.05, 0) is 84.9 Å². The molecule has 11 heteroatoms. The number of nitrogens with one attached hydrogen (secondary N) is 1. The quantitative estimate of drug-likeness (QED) is 0.292. The van der Waals surface area contributed by atoms with Gasteiger partial charge in [0, 0.05) is 51.5 Å². The van der Waals surface area contributed by atoms with E-state index in [1.54, 1.807) is 9.58 Å². The number of nitrogens with zero attached hydrogens (tertiary/aromatic N) is 6. The number of hydrogen-bond acceptors (Lipinski definition) is 8. The maximum atomic E-state index is 13.1. The first-order chi connectivity index (χ1) is 20.8. The molecule has 44 heavy (non-hydrogen) atoms. The molecule has 0 unspecified atom stereocenters. The third kappa shape index (κ3) is 12.5. The van der Waals surface area contributed by atoms with Gasteiger partial charge in [-0.2, -0.15) is 5.26 Å². The highest BCUT2D eigenvalue weighted by Gasteiger charge is 2.30. The second-order valence-electron chi connectivity index (χ2n) is 13.5. The molecule has 1 aromatic heterocycles. The summed E-state index contributed by atoms with van der Waals surface area (Å²) in [5, 5.41) is 20.8. The Morgan fingerprint density at radius 2 is 1.57 bits per heavy atom. The molecule has 1 aliphatic carbocycles. The highest BCUT2D eigenvalue weighted by Crippen LogP contribution is 2.25. The van der Waals surface area contributed by atoms with Crippen LogP contribution in [0.5, 0.6) is 0 Å². The molecule has 0 saturated heterocycles. The maximum Gasteiger partial charge on any atom is 0.410 e. The highest BCUT2D eigenvalue weighted by atomic mass is 16.6. The van der Waals surface area contributed by atoms with Gasteiger partial charge in [-0.15, -0.1) is 5.10 Å². The monoisotopic (exact) mass is 609 g/mol. The lowest BCUT2D eigenvalue weighted by atomic mass is 9.94. The van der Waals surface area contributed by atoms with E-state index in [4.69, 9.17) is 14.7 Å². The smallest absolute Gasteiger partial charge is 0.410 e. The summed E-state index contributed by atoms with van der Waals surface area (Å²) in [5.41, 5.74) is 1.39. The molecule has 242 valence electrons. The highest BCUT2D eigenvalue weighted by molar-refractivity contribution is 5.69. The SMILES string of the molecule is CC(C)(C)OC(=O)N(CCCN(C(=O)OC(C)(C)C)C1CCCCC1)CCCn1cc(CNCc2ccc(C#N)cc2)nn1. The average molecular weight is 610 g/mol. The molecule has 2 amide bonds. The average Bonchev–Trinajstić information content (AvgIpc) is 3.40. The molecular weight excluding hydrogens is 558 g/mol. The molecule has 2 aromatic rings. The van der Waals surface area contributed by atoms with Crippen LogP contribution in [0.25, 0.3) is 0 Å². The Kier molecular flexibility index (Phi) is 13.0. The number of rotatable bonds is 13. The third-order valence-electron chi connectivity index (χ3n) is 7.24. The molecule has 0 aliphatic heterocycles. The normalized spacial score (nSPS) is 14.1. The molecule has 0 bridgehead atoms. The fourth-order valence-corrected chi connectivity index (χ4v) is 5.17. The Morgan fingerprint density at radius 3 is 2.20 bits per heavy atom. The molecule has 1 heterocycles. The van der Waals surface area contributed by atoms with Crippen molar-refractivity contribution in [1.82, 2.24) is 30.1 Å². The first kappa shape index (κ1) is 34.8. The fraction of sp³-hybridized carbons (Fsp3) is 0.667. The Morgan fingerprint density at radius 1 is 0.932 bits per heavy atom. The van der Waals surface area contributed by atoms with E-state index in [1.807, 2.05) is 76.9 Å². The van der Waals surface area contributed by atoms with Crippen molar-refractivity contribution in [3.8, 4) is 6.07 Å². The van der Waals surface area contributed by atoms with Crippen LogP contribution < -0.4 is 5.32 Å². The van der Waals surface area contributed by atoms with Gasteiger partial charge >= 0.3 is 12.2 Å². The molecule has 1 fully saturated rings. The van der Waals surface area contributed by atoms with Gasteiger partial charge in [0.2, 0.25) is 0 Å². The zero-order valence-corrected chi connectivity index (χ0v) is 27.5. The van der Waals surface area contributed by atoms with Crippen LogP contribution in [0.2, 0.25) is 0 Å². The van der Waals surface area contributed by atoms with E-state index in [0.29, 0.717) is 57.7 Å². The lowest BCUT2D eigenvalue weighted by Crippen LogP contribution is -2.46. The van der Waals surface area contributed by atoms with E-state index >= 15 is 0 Å². The topological polar surface area (TPSA) is 126 Å². The van der Waals surface area contributed by atoms with Crippen molar-refractivity contribution < 1.29 is 19.1 Å². The van der Waals surface area contributed by atoms with Crippen molar-refractivity contribution in [2.75, 3.05) is 19.6 Å². The van der Waals surface area contributed by atoms with Crippen LogP contribution >= 0.6 is 0 Å². The third-order valence-corrected chi connectivity index (χ3v) is 7.24. The molecular formula is C33H51N7O4. The van der Waals surface area contributed by atoms with Crippen LogP contribution in [0.4, 0.5) is 9.59 Å². The molecule has 0 radical (unpaired) electrons. The van der Waals surface area contributed by atoms with Crippen molar-refractivity contribution in [2.45, 2.75) is 123 Å². The van der Waals surface area contributed by atoms with Crippen molar-refractivity contribution in [2.24, 2.45) is 0 Å². The number of aryl methyl sites for hydroxylation is 1. The Bertz CT molecular complexity index is 1220. The summed E-state index contributed by atoms with van der Waals surface area (Å²) in [6, 6.07) is 9.78. The first-order valence-corrected chi connectivity index (χ1v) is 15.9. The van der Waals surface area contributed by atoms with E-state index in [-0.39, 0.29) is 18.2 Å². The molecule has 3 rings (SSSR count). The number of aromatic nitrogens is 3. The first-order valence-electron chi connectivity index (χ1n) is 15.9. The maximum absolute atomic E-state index is 13.1. The minimum Gasteiger partial charge on any atom is -0.444 e. The summed E-state index contributed by atoms with van der Waals surface area (Å²) in [6.07, 6.45) is 7.99. The van der Waals surface area contributed by atoms with Crippen molar-refractivity contribution in [3.05, 3.63) is 47.3 Å². The predicted octanol–water partition coefficient (Wildman–Crippen LogP) is 6.03. The number of ether oxygens (including phenoxy) is 2. The van der Waals surface area contributed by atoms with E-state index in [0.717, 1.165) is 36.9 Å². The molecule has 11 nitrogen and oxygen atoms in total. The molecule has 1 aliphatic rings. The number of benzene rings is 1. The molecule has 1 saturated carbocycles. The summed E-state index contributed by atoms with van der Waals surface area (Å²) in [5.74, 6) is 0. The van der Waals surface area contributed by atoms with Crippen LogP contribution in [0, 0.1) is 11.3 Å². The van der Waals surface area contributed by atoms with Gasteiger partial charge in [-0.3, -0.25) is 4.68 Å². The molecule has 0 spiro atoms. The van der Waals surface area contributed by atoms with Crippen LogP contribution in [-0.2, 0) is 29.1 Å². The Balaban J connectivity index is 1.52. The zero-order valence-electron chi connectivity index (χ0n) is 27.5. The number of carbonyl (C=O) groups is 2. The summed E-state index contributed by atoms with van der Waals surface area (Å²) in [6.45, 7) is 14.6.